The lowest BCUT2D eigenvalue weighted by molar-refractivity contribution is 0.122. The molecule has 0 unspecified atom stereocenters. The number of hydrogen-bond acceptors (Lipinski definition) is 16. The molecule has 21 nitrogen and oxygen atoms in total. The highest BCUT2D eigenvalue weighted by molar-refractivity contribution is 7.87. The first-order valence-corrected chi connectivity index (χ1v) is 19.3. The van der Waals surface area contributed by atoms with Crippen LogP contribution < -0.4 is 23.9 Å². The maximum absolute atomic E-state index is 12.6. The van der Waals surface area contributed by atoms with Gasteiger partial charge in [0, 0.05) is 32.3 Å². The number of nitrogens with zero attached hydrogens (tertiary/aromatic N) is 6. The monoisotopic (exact) mass is 812 g/mol. The molecule has 2 amide bonds. The quantitative estimate of drug-likeness (QED) is 0.152. The largest absolute Gasteiger partial charge is 0.453 e. The highest BCUT2D eigenvalue weighted by Gasteiger charge is 2.26. The summed E-state index contributed by atoms with van der Waals surface area (Å²) in [6.45, 7) is 5.87. The summed E-state index contributed by atoms with van der Waals surface area (Å²) in [4.78, 5) is 42.7. The number of fused-ring (bicyclic) bond motifs is 2. The van der Waals surface area contributed by atoms with E-state index in [4.69, 9.17) is 13.1 Å². The molecule has 1 aliphatic rings. The van der Waals surface area contributed by atoms with E-state index in [1.807, 2.05) is 4.90 Å². The van der Waals surface area contributed by atoms with Crippen LogP contribution in [-0.4, -0.2) is 104 Å². The molecule has 2 aromatic carbocycles. The van der Waals surface area contributed by atoms with Gasteiger partial charge in [-0.2, -0.15) is 21.9 Å². The zero-order valence-corrected chi connectivity index (χ0v) is 32.1. The predicted octanol–water partition coefficient (Wildman–Crippen LogP) is 3.60. The Morgan fingerprint density at radius 3 is 1.79 bits per heavy atom. The van der Waals surface area contributed by atoms with Crippen LogP contribution in [0, 0.1) is 13.8 Å². The Hall–Kier alpha value is -6.46. The van der Waals surface area contributed by atoms with Crippen LogP contribution in [0.4, 0.5) is 27.3 Å². The van der Waals surface area contributed by atoms with Crippen LogP contribution in [0.5, 0.6) is 11.5 Å². The molecule has 6 aromatic rings. The van der Waals surface area contributed by atoms with E-state index in [1.165, 1.54) is 55.4 Å². The summed E-state index contributed by atoms with van der Waals surface area (Å²) in [7, 11) is -3.99. The van der Waals surface area contributed by atoms with E-state index in [0.717, 1.165) is 0 Å². The van der Waals surface area contributed by atoms with Crippen LogP contribution in [0.2, 0.25) is 0 Å². The van der Waals surface area contributed by atoms with Crippen molar-refractivity contribution in [1.82, 2.24) is 34.7 Å². The average Bonchev–Trinajstić information content (AvgIpc) is 3.84. The number of H-pyrrole nitrogens is 2. The first kappa shape index (κ1) is 39.2. The Labute approximate surface area is 319 Å². The second kappa shape index (κ2) is 16.1. The normalized spacial score (nSPS) is 13.1. The highest BCUT2D eigenvalue weighted by Crippen LogP contribution is 2.27. The van der Waals surface area contributed by atoms with Gasteiger partial charge in [-0.1, -0.05) is 0 Å². The van der Waals surface area contributed by atoms with E-state index < -0.39 is 32.4 Å². The third-order valence-corrected chi connectivity index (χ3v) is 10.9. The molecule has 0 saturated carbocycles. The second-order valence-electron chi connectivity index (χ2n) is 11.9. The van der Waals surface area contributed by atoms with Gasteiger partial charge < -0.3 is 37.4 Å². The van der Waals surface area contributed by atoms with Crippen molar-refractivity contribution in [3.8, 4) is 11.5 Å². The summed E-state index contributed by atoms with van der Waals surface area (Å²) < 4.78 is 76.7. The second-order valence-corrected chi connectivity index (χ2v) is 14.9. The minimum atomic E-state index is -4.08. The van der Waals surface area contributed by atoms with Crippen LogP contribution in [0.3, 0.4) is 0 Å². The van der Waals surface area contributed by atoms with Crippen molar-refractivity contribution in [3.63, 3.8) is 0 Å². The average molecular weight is 813 g/mol. The van der Waals surface area contributed by atoms with Gasteiger partial charge in [-0.25, -0.2) is 24.5 Å². The predicted molar refractivity (Wildman–Crippen MR) is 200 cm³/mol. The lowest BCUT2D eigenvalue weighted by Gasteiger charge is -2.27. The SMILES string of the molecule is COC(=O)Nc1nc2ccc(OS(=O)(=O)c3c(C)nn(C)c3C)cc2[nH]1.COC(=O)Nc1nc2ccc(OS(=O)(=O)c3ccc(N4CCOCC4)nc3)cc2[nH]1. The van der Waals surface area contributed by atoms with E-state index >= 15 is 0 Å². The summed E-state index contributed by atoms with van der Waals surface area (Å²) >= 11 is 0. The Kier molecular flexibility index (Phi) is 11.3. The number of carbonyl (C=O) groups excluding carboxylic acids is 2. The van der Waals surface area contributed by atoms with Gasteiger partial charge in [-0.3, -0.25) is 15.3 Å². The Bertz CT molecular complexity index is 2620. The molecule has 5 heterocycles. The molecule has 0 aliphatic carbocycles. The van der Waals surface area contributed by atoms with Crippen molar-refractivity contribution in [2.75, 3.05) is 56.1 Å². The van der Waals surface area contributed by atoms with Crippen molar-refractivity contribution in [2.45, 2.75) is 23.6 Å². The van der Waals surface area contributed by atoms with Crippen molar-refractivity contribution in [1.29, 1.82) is 0 Å². The zero-order valence-electron chi connectivity index (χ0n) is 30.5. The van der Waals surface area contributed by atoms with E-state index in [1.54, 1.807) is 39.1 Å². The topological polar surface area (TPSA) is 264 Å². The number of nitrogens with one attached hydrogen (secondary N) is 4. The van der Waals surface area contributed by atoms with E-state index in [9.17, 15) is 26.4 Å². The van der Waals surface area contributed by atoms with E-state index in [-0.39, 0.29) is 33.2 Å². The number of amides is 2. The number of carbonyl (C=O) groups is 2. The number of pyridine rings is 1. The third kappa shape index (κ3) is 8.90. The summed E-state index contributed by atoms with van der Waals surface area (Å²) in [5.41, 5.74) is 2.85. The molecule has 0 spiro atoms. The molecule has 56 heavy (non-hydrogen) atoms. The lowest BCUT2D eigenvalue weighted by atomic mass is 10.3. The maximum Gasteiger partial charge on any atom is 0.413 e. The molecule has 23 heteroatoms. The molecule has 4 N–H and O–H groups in total. The molecule has 4 aromatic heterocycles. The van der Waals surface area contributed by atoms with Gasteiger partial charge >= 0.3 is 32.4 Å². The van der Waals surface area contributed by atoms with Gasteiger partial charge in [-0.15, -0.1) is 0 Å². The fourth-order valence-electron chi connectivity index (χ4n) is 5.45. The standard InChI is InChI=1S/C18H19N5O6S.C15H17N5O5S/c1-27-18(24)22-17-20-14-4-2-12(10-15(14)21-17)29-30(25,26)13-3-5-16(19-11-13)23-6-8-28-9-7-23;1-8-13(9(2)20(3)19-8)26(22,23)25-10-5-6-11-12(7-10)17-14(16-11)18-15(21)24-4/h2-5,10-11H,6-9H2,1H3,(H2,20,21,22,24);5-7H,1-4H3,(H2,16,17,18,21). The van der Waals surface area contributed by atoms with Crippen LogP contribution in [-0.2, 0) is 41.5 Å². The smallest absolute Gasteiger partial charge is 0.413 e. The maximum atomic E-state index is 12.6. The number of anilines is 3. The number of aromatic amines is 2. The molecule has 1 saturated heterocycles. The molecule has 7 rings (SSSR count). The number of rotatable bonds is 9. The molecule has 1 fully saturated rings. The Morgan fingerprint density at radius 2 is 1.32 bits per heavy atom. The fraction of sp³-hybridized carbons (Fsp3) is 0.273. The molecule has 296 valence electrons. The molecular formula is C33H36N10O11S2. The summed E-state index contributed by atoms with van der Waals surface area (Å²) in [5, 5.41) is 8.89. The Balaban J connectivity index is 0.000000192. The van der Waals surface area contributed by atoms with Crippen molar-refractivity contribution < 1.29 is 49.0 Å². The fourth-order valence-corrected chi connectivity index (χ4v) is 7.66. The number of benzene rings is 2. The third-order valence-electron chi connectivity index (χ3n) is 8.17. The number of ether oxygens (including phenoxy) is 3. The lowest BCUT2D eigenvalue weighted by Crippen LogP contribution is -2.36. The molecule has 0 atom stereocenters. The summed E-state index contributed by atoms with van der Waals surface area (Å²) in [5.74, 6) is 1.22. The molecule has 0 radical (unpaired) electrons. The van der Waals surface area contributed by atoms with Gasteiger partial charge in [0.1, 0.15) is 27.1 Å². The van der Waals surface area contributed by atoms with Gasteiger partial charge in [0.05, 0.1) is 67.1 Å². The minimum Gasteiger partial charge on any atom is -0.453 e. The van der Waals surface area contributed by atoms with Gasteiger partial charge in [0.2, 0.25) is 11.9 Å². The zero-order chi connectivity index (χ0) is 40.2. The van der Waals surface area contributed by atoms with E-state index in [0.29, 0.717) is 65.6 Å². The van der Waals surface area contributed by atoms with Crippen LogP contribution in [0.1, 0.15) is 11.4 Å². The Morgan fingerprint density at radius 1 is 0.786 bits per heavy atom. The molecule has 0 bridgehead atoms. The molecular weight excluding hydrogens is 777 g/mol. The van der Waals surface area contributed by atoms with Crippen molar-refractivity contribution in [3.05, 3.63) is 66.1 Å². The minimum absolute atomic E-state index is 0.0396. The van der Waals surface area contributed by atoms with E-state index in [2.05, 4.69) is 50.1 Å². The van der Waals surface area contributed by atoms with Gasteiger partial charge in [-0.05, 0) is 50.2 Å². The number of methoxy groups -OCH3 is 2. The number of morpholine rings is 1. The van der Waals surface area contributed by atoms with Crippen molar-refractivity contribution >= 4 is 72.2 Å². The summed E-state index contributed by atoms with van der Waals surface area (Å²) in [6.07, 6.45) is -0.0838. The summed E-state index contributed by atoms with van der Waals surface area (Å²) in [6, 6.07) is 12.1. The van der Waals surface area contributed by atoms with Crippen molar-refractivity contribution in [2.24, 2.45) is 7.05 Å². The van der Waals surface area contributed by atoms with Crippen LogP contribution in [0.25, 0.3) is 22.1 Å². The molecule has 1 aliphatic heterocycles. The van der Waals surface area contributed by atoms with Gasteiger partial charge in [0.15, 0.2) is 0 Å². The first-order valence-electron chi connectivity index (χ1n) is 16.5. The number of hydrogen-bond donors (Lipinski definition) is 4. The van der Waals surface area contributed by atoms with Crippen LogP contribution in [0.15, 0.2) is 64.5 Å². The first-order chi connectivity index (χ1) is 26.6. The number of aromatic nitrogens is 7. The van der Waals surface area contributed by atoms with Crippen LogP contribution >= 0.6 is 0 Å². The highest BCUT2D eigenvalue weighted by atomic mass is 32.2. The number of imidazole rings is 2. The van der Waals surface area contributed by atoms with Gasteiger partial charge in [0.25, 0.3) is 0 Å². The number of aryl methyl sites for hydroxylation is 2.